The smallest absolute Gasteiger partial charge is 0.241 e. The van der Waals surface area contributed by atoms with E-state index in [0.717, 1.165) is 5.57 Å². The van der Waals surface area contributed by atoms with Crippen molar-refractivity contribution in [3.8, 4) is 11.5 Å². The number of amides is 4. The fourth-order valence-corrected chi connectivity index (χ4v) is 7.73. The van der Waals surface area contributed by atoms with Crippen molar-refractivity contribution in [1.82, 2.24) is 4.90 Å². The van der Waals surface area contributed by atoms with Crippen LogP contribution in [0.3, 0.4) is 0 Å². The third kappa shape index (κ3) is 3.44. The minimum Gasteiger partial charge on any atom is -0.508 e. The Balaban J connectivity index is 1.55. The van der Waals surface area contributed by atoms with Crippen molar-refractivity contribution in [1.29, 1.82) is 0 Å². The largest absolute Gasteiger partial charge is 0.508 e. The number of phenolic OH excluding ortho intramolecular Hbond substituents is 1. The lowest BCUT2D eigenvalue weighted by Crippen LogP contribution is -2.49. The summed E-state index contributed by atoms with van der Waals surface area (Å²) in [5.41, 5.74) is -0.106. The van der Waals surface area contributed by atoms with Gasteiger partial charge in [-0.05, 0) is 76.8 Å². The molecule has 2 saturated heterocycles. The summed E-state index contributed by atoms with van der Waals surface area (Å²) in [5.74, 6) is -3.59. The number of hydrogen-bond acceptors (Lipinski definition) is 6. The number of nitrogens with zero attached hydrogens (tertiary/aromatic N) is 2. The number of imide groups is 2. The van der Waals surface area contributed by atoms with Gasteiger partial charge in [0.25, 0.3) is 0 Å². The summed E-state index contributed by atoms with van der Waals surface area (Å²) in [5, 5.41) is 11.2. The van der Waals surface area contributed by atoms with Crippen molar-refractivity contribution in [2.75, 3.05) is 12.0 Å². The first-order chi connectivity index (χ1) is 18.9. The van der Waals surface area contributed by atoms with Gasteiger partial charge < -0.3 is 9.84 Å². The van der Waals surface area contributed by atoms with E-state index in [0.29, 0.717) is 23.4 Å². The van der Waals surface area contributed by atoms with E-state index in [1.165, 1.54) is 23.0 Å². The molecule has 6 atom stereocenters. The average Bonchev–Trinajstić information content (AvgIpc) is 3.29. The maximum absolute atomic E-state index is 14.4. The Bertz CT molecular complexity index is 1470. The van der Waals surface area contributed by atoms with Crippen LogP contribution in [0.5, 0.6) is 11.5 Å². The van der Waals surface area contributed by atoms with Crippen molar-refractivity contribution in [3.05, 3.63) is 65.7 Å². The van der Waals surface area contributed by atoms with Gasteiger partial charge >= 0.3 is 0 Å². The molecule has 0 unspecified atom stereocenters. The first-order valence-corrected chi connectivity index (χ1v) is 13.8. The number of aromatic hydroxyl groups is 1. The molecule has 0 spiro atoms. The van der Waals surface area contributed by atoms with Crippen LogP contribution in [0.1, 0.15) is 52.0 Å². The molecule has 0 radical (unpaired) electrons. The van der Waals surface area contributed by atoms with Gasteiger partial charge in [0, 0.05) is 17.0 Å². The van der Waals surface area contributed by atoms with Gasteiger partial charge in [-0.2, -0.15) is 0 Å². The number of hydrogen-bond donors (Lipinski definition) is 1. The molecule has 2 aromatic rings. The normalized spacial score (nSPS) is 31.6. The molecule has 1 N–H and O–H groups in total. The average molecular weight is 543 g/mol. The fraction of sp³-hybridized carbons (Fsp3) is 0.438. The number of benzene rings is 2. The predicted molar refractivity (Wildman–Crippen MR) is 147 cm³/mol. The van der Waals surface area contributed by atoms with E-state index in [9.17, 15) is 24.3 Å². The number of likely N-dealkylation sites (tertiary alicyclic amines) is 1. The molecule has 2 aromatic carbocycles. The molecule has 3 fully saturated rings. The number of rotatable bonds is 3. The molecule has 1 saturated carbocycles. The highest BCUT2D eigenvalue weighted by atomic mass is 16.5. The summed E-state index contributed by atoms with van der Waals surface area (Å²) in [6, 6.07) is 13.7. The van der Waals surface area contributed by atoms with Gasteiger partial charge in [0.05, 0.1) is 36.0 Å². The molecule has 8 nitrogen and oxygen atoms in total. The standard InChI is InChI=1S/C32H34N2O6/c1-31(2,3)34-27(36)20-13-12-19-21(25(20)29(34)38)16-23-28(37)33(17-9-7-6-8-10-17)30(39)32(23,4)26(19)22-15-18(40-5)11-14-24(22)35/h6-12,14-15,20-21,23,25-26,35H,13,16H2,1-5H3/t20-,21+,23-,25-,26+,32+/m0/s1. The van der Waals surface area contributed by atoms with Crippen molar-refractivity contribution < 1.29 is 29.0 Å². The van der Waals surface area contributed by atoms with Gasteiger partial charge in [-0.15, -0.1) is 0 Å². The number of para-hydroxylation sites is 1. The van der Waals surface area contributed by atoms with Crippen LogP contribution in [0.25, 0.3) is 0 Å². The molecule has 208 valence electrons. The maximum atomic E-state index is 14.4. The lowest BCUT2D eigenvalue weighted by atomic mass is 9.51. The Hall–Kier alpha value is -3.94. The van der Waals surface area contributed by atoms with Gasteiger partial charge in [0.2, 0.25) is 23.6 Å². The molecule has 2 aliphatic carbocycles. The number of allylic oxidation sites excluding steroid dienone is 2. The third-order valence-electron chi connectivity index (χ3n) is 9.51. The van der Waals surface area contributed by atoms with Crippen LogP contribution in [-0.4, -0.2) is 46.3 Å². The van der Waals surface area contributed by atoms with Crippen LogP contribution >= 0.6 is 0 Å². The van der Waals surface area contributed by atoms with E-state index in [4.69, 9.17) is 4.74 Å². The summed E-state index contributed by atoms with van der Waals surface area (Å²) in [7, 11) is 1.53. The van der Waals surface area contributed by atoms with Gasteiger partial charge in [0.15, 0.2) is 0 Å². The molecule has 40 heavy (non-hydrogen) atoms. The third-order valence-corrected chi connectivity index (χ3v) is 9.51. The van der Waals surface area contributed by atoms with Gasteiger partial charge in [-0.3, -0.25) is 24.1 Å². The number of fused-ring (bicyclic) bond motifs is 4. The molecule has 8 heteroatoms. The highest BCUT2D eigenvalue weighted by Crippen LogP contribution is 2.64. The Morgan fingerprint density at radius 1 is 0.950 bits per heavy atom. The minimum atomic E-state index is -1.22. The van der Waals surface area contributed by atoms with Crippen molar-refractivity contribution in [2.24, 2.45) is 29.1 Å². The fourth-order valence-electron chi connectivity index (χ4n) is 7.73. The van der Waals surface area contributed by atoms with Crippen LogP contribution in [0, 0.1) is 29.1 Å². The molecule has 4 aliphatic rings. The molecular formula is C32H34N2O6. The molecule has 0 bridgehead atoms. The van der Waals surface area contributed by atoms with Crippen molar-refractivity contribution >= 4 is 29.3 Å². The summed E-state index contributed by atoms with van der Waals surface area (Å²) in [4.78, 5) is 58.5. The van der Waals surface area contributed by atoms with Crippen LogP contribution in [0.15, 0.2) is 60.2 Å². The van der Waals surface area contributed by atoms with E-state index in [1.807, 2.05) is 32.9 Å². The van der Waals surface area contributed by atoms with Crippen LogP contribution < -0.4 is 9.64 Å². The van der Waals surface area contributed by atoms with Crippen molar-refractivity contribution in [3.63, 3.8) is 0 Å². The minimum absolute atomic E-state index is 0.0157. The molecule has 2 aliphatic heterocycles. The molecule has 2 heterocycles. The van der Waals surface area contributed by atoms with E-state index in [1.54, 1.807) is 43.3 Å². The van der Waals surface area contributed by atoms with E-state index in [2.05, 4.69) is 0 Å². The monoisotopic (exact) mass is 542 g/mol. The Labute approximate surface area is 233 Å². The Morgan fingerprint density at radius 2 is 1.65 bits per heavy atom. The summed E-state index contributed by atoms with van der Waals surface area (Å²) in [6.45, 7) is 7.35. The first kappa shape index (κ1) is 26.3. The first-order valence-electron chi connectivity index (χ1n) is 13.8. The zero-order valence-electron chi connectivity index (χ0n) is 23.4. The number of anilines is 1. The zero-order valence-corrected chi connectivity index (χ0v) is 23.4. The second-order valence-corrected chi connectivity index (χ2v) is 12.6. The van der Waals surface area contributed by atoms with E-state index in [-0.39, 0.29) is 35.8 Å². The molecule has 6 rings (SSSR count). The highest BCUT2D eigenvalue weighted by Gasteiger charge is 2.68. The number of ether oxygens (including phenoxy) is 1. The van der Waals surface area contributed by atoms with E-state index < -0.39 is 40.5 Å². The molecule has 0 aromatic heterocycles. The number of methoxy groups -OCH3 is 1. The quantitative estimate of drug-likeness (QED) is 0.455. The van der Waals surface area contributed by atoms with Crippen LogP contribution in [-0.2, 0) is 19.2 Å². The summed E-state index contributed by atoms with van der Waals surface area (Å²) < 4.78 is 5.47. The van der Waals surface area contributed by atoms with Gasteiger partial charge in [-0.25, -0.2) is 4.90 Å². The number of phenols is 1. The number of carbonyl (C=O) groups is 4. The Kier molecular flexibility index (Phi) is 5.77. The summed E-state index contributed by atoms with van der Waals surface area (Å²) in [6.07, 6.45) is 2.62. The second kappa shape index (κ2) is 8.78. The van der Waals surface area contributed by atoms with E-state index >= 15 is 0 Å². The lowest BCUT2D eigenvalue weighted by molar-refractivity contribution is -0.145. The van der Waals surface area contributed by atoms with Crippen LogP contribution in [0.2, 0.25) is 0 Å². The summed E-state index contributed by atoms with van der Waals surface area (Å²) >= 11 is 0. The predicted octanol–water partition coefficient (Wildman–Crippen LogP) is 4.43. The molecule has 4 amide bonds. The SMILES string of the molecule is COc1ccc(O)c([C@H]2C3=CC[C@@H]4C(=O)N(C(C)(C)C)C(=O)[C@@H]4[C@@H]3C[C@H]3C(=O)N(c4ccccc4)C(=O)[C@@]23C)c1. The second-order valence-electron chi connectivity index (χ2n) is 12.6. The van der Waals surface area contributed by atoms with Crippen molar-refractivity contribution in [2.45, 2.75) is 52.0 Å². The lowest BCUT2D eigenvalue weighted by Gasteiger charge is -2.49. The maximum Gasteiger partial charge on any atom is 0.241 e. The zero-order chi connectivity index (χ0) is 28.7. The number of carbonyl (C=O) groups excluding carboxylic acids is 4. The highest BCUT2D eigenvalue weighted by molar-refractivity contribution is 6.24. The van der Waals surface area contributed by atoms with Crippen LogP contribution in [0.4, 0.5) is 5.69 Å². The van der Waals surface area contributed by atoms with Gasteiger partial charge in [-0.1, -0.05) is 29.8 Å². The van der Waals surface area contributed by atoms with Gasteiger partial charge in [0.1, 0.15) is 11.5 Å². The Morgan fingerprint density at radius 3 is 2.30 bits per heavy atom. The topological polar surface area (TPSA) is 104 Å². The molecular weight excluding hydrogens is 508 g/mol.